The van der Waals surface area contributed by atoms with Gasteiger partial charge in [-0.15, -0.1) is 0 Å². The maximum Gasteiger partial charge on any atom is 0.169 e. The highest BCUT2D eigenvalue weighted by molar-refractivity contribution is 6.73. The van der Waals surface area contributed by atoms with Gasteiger partial charge in [-0.05, 0) is 23.6 Å². The van der Waals surface area contributed by atoms with Crippen molar-refractivity contribution < 1.29 is 0 Å². The van der Waals surface area contributed by atoms with Gasteiger partial charge < -0.3 is 9.35 Å². The lowest BCUT2D eigenvalue weighted by atomic mass is 10.0. The molecule has 0 aliphatic rings. The van der Waals surface area contributed by atoms with Gasteiger partial charge in [0.25, 0.3) is 0 Å². The first kappa shape index (κ1) is 28.6. The van der Waals surface area contributed by atoms with Crippen molar-refractivity contribution in [1.29, 1.82) is 0 Å². The molecule has 0 atom stereocenters. The topological polar surface area (TPSA) is 31.2 Å². The number of hydrazone groups is 2. The van der Waals surface area contributed by atoms with Crippen molar-refractivity contribution >= 4 is 27.9 Å². The summed E-state index contributed by atoms with van der Waals surface area (Å²) in [6, 6.07) is 32.1. The minimum atomic E-state index is -1.71. The molecule has 0 N–H and O–H groups in total. The summed E-state index contributed by atoms with van der Waals surface area (Å²) >= 11 is 0. The molecule has 6 heteroatoms. The molecule has 0 saturated carbocycles. The third kappa shape index (κ3) is 9.78. The Kier molecular flexibility index (Phi) is 10.1. The first-order chi connectivity index (χ1) is 17.5. The van der Waals surface area contributed by atoms with E-state index in [1.54, 1.807) is 0 Å². The molecule has 4 nitrogen and oxygen atoms in total. The van der Waals surface area contributed by atoms with E-state index in [0.29, 0.717) is 0 Å². The van der Waals surface area contributed by atoms with Gasteiger partial charge >= 0.3 is 0 Å². The smallest absolute Gasteiger partial charge is 0.169 e. The van der Waals surface area contributed by atoms with E-state index in [9.17, 15) is 0 Å². The normalized spacial score (nSPS) is 12.9. The lowest BCUT2D eigenvalue weighted by molar-refractivity contribution is 0.439. The van der Waals surface area contributed by atoms with Crippen LogP contribution in [0.15, 0.2) is 101 Å². The molecule has 0 amide bonds. The summed E-state index contributed by atoms with van der Waals surface area (Å²) in [6.07, 6.45) is 1.59. The van der Waals surface area contributed by atoms with E-state index < -0.39 is 16.5 Å². The Morgan fingerprint density at radius 2 is 0.946 bits per heavy atom. The number of hydrogen-bond donors (Lipinski definition) is 0. The van der Waals surface area contributed by atoms with Crippen molar-refractivity contribution in [1.82, 2.24) is 9.35 Å². The van der Waals surface area contributed by atoms with Crippen LogP contribution in [-0.4, -0.2) is 37.2 Å². The van der Waals surface area contributed by atoms with Gasteiger partial charge in [-0.1, -0.05) is 130 Å². The molecule has 0 aliphatic heterocycles. The van der Waals surface area contributed by atoms with Crippen molar-refractivity contribution in [2.45, 2.75) is 72.1 Å². The van der Waals surface area contributed by atoms with Crippen LogP contribution in [0.5, 0.6) is 0 Å². The van der Waals surface area contributed by atoms with Crippen LogP contribution in [0.4, 0.5) is 0 Å². The molecular weight excluding hydrogens is 485 g/mol. The van der Waals surface area contributed by atoms with E-state index in [4.69, 9.17) is 10.2 Å². The highest BCUT2D eigenvalue weighted by Crippen LogP contribution is 2.19. The summed E-state index contributed by atoms with van der Waals surface area (Å²) in [7, 11) is -3.38. The molecule has 0 unspecified atom stereocenters. The molecule has 0 aromatic heterocycles. The summed E-state index contributed by atoms with van der Waals surface area (Å²) in [5.41, 5.74) is 6.17. The standard InChI is InChI=1S/C31H44N4Si2/c1-27(32-34(36(2,3)4)25-29-19-13-9-14-20-29)23-31(24-28-17-11-8-12-18-28)33-35(37(5,6)7)26-30-21-15-10-16-22-30/h8-22H,23-26H2,1-7H3/b32-27+,33-31+. The molecule has 0 bridgehead atoms. The van der Waals surface area contributed by atoms with Crippen LogP contribution in [0, 0.1) is 0 Å². The molecule has 3 rings (SSSR count). The monoisotopic (exact) mass is 528 g/mol. The van der Waals surface area contributed by atoms with Gasteiger partial charge in [0.2, 0.25) is 0 Å². The Labute approximate surface area is 226 Å². The van der Waals surface area contributed by atoms with Crippen LogP contribution in [-0.2, 0) is 19.5 Å². The maximum atomic E-state index is 5.36. The zero-order valence-electron chi connectivity index (χ0n) is 23.8. The molecule has 3 aromatic rings. The first-order valence-electron chi connectivity index (χ1n) is 13.3. The van der Waals surface area contributed by atoms with Gasteiger partial charge in [0, 0.05) is 24.3 Å². The largest absolute Gasteiger partial charge is 0.320 e. The quantitative estimate of drug-likeness (QED) is 0.135. The molecule has 0 radical (unpaired) electrons. The second kappa shape index (κ2) is 13.0. The second-order valence-electron chi connectivity index (χ2n) is 11.8. The zero-order chi connectivity index (χ0) is 26.9. The van der Waals surface area contributed by atoms with Crippen LogP contribution < -0.4 is 0 Å². The Balaban J connectivity index is 1.92. The van der Waals surface area contributed by atoms with Crippen molar-refractivity contribution in [3.8, 4) is 0 Å². The fraction of sp³-hybridized carbons (Fsp3) is 0.355. The predicted octanol–water partition coefficient (Wildman–Crippen LogP) is 8.03. The van der Waals surface area contributed by atoms with E-state index in [1.165, 1.54) is 22.4 Å². The number of nitrogens with zero attached hydrogens (tertiary/aromatic N) is 4. The Bertz CT molecular complexity index is 1150. The summed E-state index contributed by atoms with van der Waals surface area (Å²) < 4.78 is 4.71. The third-order valence-electron chi connectivity index (χ3n) is 6.16. The van der Waals surface area contributed by atoms with Gasteiger partial charge in [0.05, 0.1) is 13.1 Å². The van der Waals surface area contributed by atoms with E-state index in [1.807, 2.05) is 0 Å². The number of rotatable bonds is 12. The first-order valence-corrected chi connectivity index (χ1v) is 20.2. The van der Waals surface area contributed by atoms with Crippen molar-refractivity contribution in [3.63, 3.8) is 0 Å². The van der Waals surface area contributed by atoms with Gasteiger partial charge in [-0.2, -0.15) is 10.2 Å². The minimum Gasteiger partial charge on any atom is -0.320 e. The number of benzene rings is 3. The highest BCUT2D eigenvalue weighted by atomic mass is 28.3. The molecule has 0 saturated heterocycles. The Hall–Kier alpha value is -2.97. The average Bonchev–Trinajstić information content (AvgIpc) is 2.84. The number of hydrogen-bond acceptors (Lipinski definition) is 4. The van der Waals surface area contributed by atoms with Crippen LogP contribution >= 0.6 is 0 Å². The van der Waals surface area contributed by atoms with Crippen molar-refractivity contribution in [2.24, 2.45) is 10.2 Å². The van der Waals surface area contributed by atoms with Gasteiger partial charge in [0.15, 0.2) is 16.5 Å². The minimum absolute atomic E-state index is 0.764. The van der Waals surface area contributed by atoms with Crippen molar-refractivity contribution in [3.05, 3.63) is 108 Å². The Morgan fingerprint density at radius 3 is 1.35 bits per heavy atom. The molecule has 196 valence electrons. The summed E-state index contributed by atoms with van der Waals surface area (Å²) in [5.74, 6) is 0. The summed E-state index contributed by atoms with van der Waals surface area (Å²) in [5, 5.41) is 10.6. The van der Waals surface area contributed by atoms with E-state index in [2.05, 4.69) is 147 Å². The van der Waals surface area contributed by atoms with Crippen LogP contribution in [0.25, 0.3) is 0 Å². The average molecular weight is 529 g/mol. The SMILES string of the molecule is C/C(C/C(Cc1ccccc1)=N\N(Cc1ccccc1)[Si](C)(C)C)=N\N(Cc1ccccc1)[Si](C)(C)C. The predicted molar refractivity (Wildman–Crippen MR) is 166 cm³/mol. The van der Waals surface area contributed by atoms with E-state index in [-0.39, 0.29) is 0 Å². The molecular formula is C31H44N4Si2. The highest BCUT2D eigenvalue weighted by Gasteiger charge is 2.25. The zero-order valence-corrected chi connectivity index (χ0v) is 25.8. The van der Waals surface area contributed by atoms with Crippen molar-refractivity contribution in [2.75, 3.05) is 0 Å². The Morgan fingerprint density at radius 1 is 0.568 bits per heavy atom. The van der Waals surface area contributed by atoms with Gasteiger partial charge in [0.1, 0.15) is 0 Å². The molecule has 0 spiro atoms. The molecule has 3 aromatic carbocycles. The lowest BCUT2D eigenvalue weighted by Crippen LogP contribution is -2.43. The summed E-state index contributed by atoms with van der Waals surface area (Å²) in [4.78, 5) is 0. The molecule has 0 heterocycles. The van der Waals surface area contributed by atoms with Crippen LogP contribution in [0.1, 0.15) is 30.0 Å². The lowest BCUT2D eigenvalue weighted by Gasteiger charge is -2.33. The van der Waals surface area contributed by atoms with Crippen LogP contribution in [0.2, 0.25) is 39.3 Å². The fourth-order valence-corrected chi connectivity index (χ4v) is 6.26. The molecule has 0 fully saturated rings. The van der Waals surface area contributed by atoms with E-state index >= 15 is 0 Å². The fourth-order valence-electron chi connectivity index (χ4n) is 4.03. The van der Waals surface area contributed by atoms with Gasteiger partial charge in [-0.25, -0.2) is 0 Å². The van der Waals surface area contributed by atoms with Crippen LogP contribution in [0.3, 0.4) is 0 Å². The van der Waals surface area contributed by atoms with Gasteiger partial charge in [-0.3, -0.25) is 0 Å². The summed E-state index contributed by atoms with van der Waals surface area (Å²) in [6.45, 7) is 18.0. The molecule has 0 aliphatic carbocycles. The molecule has 37 heavy (non-hydrogen) atoms. The van der Waals surface area contributed by atoms with E-state index in [0.717, 1.165) is 31.6 Å². The maximum absolute atomic E-state index is 5.36. The third-order valence-corrected chi connectivity index (χ3v) is 9.78. The second-order valence-corrected chi connectivity index (χ2v) is 21.5.